The van der Waals surface area contributed by atoms with Gasteiger partial charge in [0.15, 0.2) is 0 Å². The van der Waals surface area contributed by atoms with E-state index in [0.717, 1.165) is 13.0 Å². The first-order valence-electron chi connectivity index (χ1n) is 3.97. The van der Waals surface area contributed by atoms with E-state index in [4.69, 9.17) is 0 Å². The molecule has 0 amide bonds. The van der Waals surface area contributed by atoms with Gasteiger partial charge in [-0.3, -0.25) is 0 Å². The highest BCUT2D eigenvalue weighted by Crippen LogP contribution is 2.27. The summed E-state index contributed by atoms with van der Waals surface area (Å²) >= 11 is 1.82. The molecular weight excluding hydrogens is 156 g/mol. The van der Waals surface area contributed by atoms with Gasteiger partial charge in [-0.25, -0.2) is 4.98 Å². The third-order valence-corrected chi connectivity index (χ3v) is 3.24. The van der Waals surface area contributed by atoms with Crippen LogP contribution in [0.4, 0.5) is 0 Å². The van der Waals surface area contributed by atoms with Crippen LogP contribution in [0.5, 0.6) is 0 Å². The number of fused-ring (bicyclic) bond motifs is 1. The summed E-state index contributed by atoms with van der Waals surface area (Å²) < 4.78 is 0. The molecule has 1 aliphatic rings. The van der Waals surface area contributed by atoms with E-state index in [2.05, 4.69) is 24.1 Å². The van der Waals surface area contributed by atoms with Crippen LogP contribution in [0.3, 0.4) is 0 Å². The van der Waals surface area contributed by atoms with Crippen molar-refractivity contribution in [3.63, 3.8) is 0 Å². The van der Waals surface area contributed by atoms with E-state index in [1.807, 2.05) is 11.3 Å². The summed E-state index contributed by atoms with van der Waals surface area (Å²) in [7, 11) is 0. The largest absolute Gasteiger partial charge is 0.309 e. The van der Waals surface area contributed by atoms with Gasteiger partial charge in [0.1, 0.15) is 0 Å². The predicted molar refractivity (Wildman–Crippen MR) is 47.0 cm³/mol. The number of thiazole rings is 1. The molecule has 0 aromatic carbocycles. The van der Waals surface area contributed by atoms with Crippen LogP contribution in [-0.4, -0.2) is 11.5 Å². The Bertz CT molecular complexity index is 267. The average Bonchev–Trinajstić information content (AvgIpc) is 2.31. The summed E-state index contributed by atoms with van der Waals surface area (Å²) in [4.78, 5) is 5.92. The summed E-state index contributed by atoms with van der Waals surface area (Å²) in [5.74, 6) is 0. The molecule has 0 radical (unpaired) electrons. The molecule has 60 valence electrons. The highest BCUT2D eigenvalue weighted by atomic mass is 32.1. The molecule has 0 aliphatic carbocycles. The maximum Gasteiger partial charge on any atom is 0.0900 e. The number of nitrogens with zero attached hydrogens (tertiary/aromatic N) is 1. The van der Waals surface area contributed by atoms with Crippen LogP contribution >= 0.6 is 11.3 Å². The summed E-state index contributed by atoms with van der Waals surface area (Å²) in [5, 5.41) is 4.62. The zero-order chi connectivity index (χ0) is 7.84. The van der Waals surface area contributed by atoms with Gasteiger partial charge < -0.3 is 5.32 Å². The summed E-state index contributed by atoms with van der Waals surface area (Å²) in [6, 6.07) is 0.518. The molecule has 11 heavy (non-hydrogen) atoms. The Labute approximate surface area is 70.7 Å². The number of aromatic nitrogens is 1. The van der Waals surface area contributed by atoms with Gasteiger partial charge in [-0.2, -0.15) is 0 Å². The number of rotatable bonds is 0. The van der Waals surface area contributed by atoms with Crippen molar-refractivity contribution in [2.24, 2.45) is 0 Å². The smallest absolute Gasteiger partial charge is 0.0900 e. The Morgan fingerprint density at radius 3 is 3.18 bits per heavy atom. The lowest BCUT2D eigenvalue weighted by molar-refractivity contribution is 0.544. The molecule has 0 unspecified atom stereocenters. The standard InChI is InChI=1S/C8H12N2S/c1-5-8-7(3-4-9-5)10-6(2)11-8/h5,9H,3-4H2,1-2H3/t5-/m0/s1. The Kier molecular flexibility index (Phi) is 1.69. The molecule has 2 nitrogen and oxygen atoms in total. The van der Waals surface area contributed by atoms with Crippen molar-refractivity contribution in [3.05, 3.63) is 15.6 Å². The Hall–Kier alpha value is -0.410. The average molecular weight is 168 g/mol. The number of hydrogen-bond donors (Lipinski definition) is 1. The Morgan fingerprint density at radius 1 is 1.64 bits per heavy atom. The van der Waals surface area contributed by atoms with E-state index in [-0.39, 0.29) is 0 Å². The van der Waals surface area contributed by atoms with Gasteiger partial charge in [0.2, 0.25) is 0 Å². The van der Waals surface area contributed by atoms with Crippen LogP contribution < -0.4 is 5.32 Å². The minimum Gasteiger partial charge on any atom is -0.309 e. The second-order valence-corrected chi connectivity index (χ2v) is 4.20. The number of hydrogen-bond acceptors (Lipinski definition) is 3. The molecule has 1 N–H and O–H groups in total. The van der Waals surface area contributed by atoms with Crippen LogP contribution in [0.2, 0.25) is 0 Å². The maximum atomic E-state index is 4.48. The molecular formula is C8H12N2S. The fraction of sp³-hybridized carbons (Fsp3) is 0.625. The molecule has 0 bridgehead atoms. The quantitative estimate of drug-likeness (QED) is 0.637. The van der Waals surface area contributed by atoms with Crippen LogP contribution in [0.25, 0.3) is 0 Å². The number of nitrogens with one attached hydrogen (secondary N) is 1. The second-order valence-electron chi connectivity index (χ2n) is 2.97. The van der Waals surface area contributed by atoms with Crippen molar-refractivity contribution < 1.29 is 0 Å². The van der Waals surface area contributed by atoms with Crippen molar-refractivity contribution in [1.82, 2.24) is 10.3 Å². The van der Waals surface area contributed by atoms with Gasteiger partial charge in [0.05, 0.1) is 10.7 Å². The van der Waals surface area contributed by atoms with Crippen LogP contribution in [0.1, 0.15) is 28.5 Å². The lowest BCUT2D eigenvalue weighted by Crippen LogP contribution is -2.26. The lowest BCUT2D eigenvalue weighted by Gasteiger charge is -2.18. The van der Waals surface area contributed by atoms with E-state index in [1.165, 1.54) is 15.6 Å². The van der Waals surface area contributed by atoms with Gasteiger partial charge in [-0.1, -0.05) is 0 Å². The molecule has 0 fully saturated rings. The zero-order valence-corrected chi connectivity index (χ0v) is 7.66. The Balaban J connectivity index is 2.43. The third-order valence-electron chi connectivity index (χ3n) is 2.04. The normalized spacial score (nSPS) is 23.3. The fourth-order valence-electron chi connectivity index (χ4n) is 1.50. The first kappa shape index (κ1) is 7.25. The molecule has 0 saturated heterocycles. The van der Waals surface area contributed by atoms with Crippen LogP contribution in [-0.2, 0) is 6.42 Å². The van der Waals surface area contributed by atoms with Crippen molar-refractivity contribution in [2.45, 2.75) is 26.3 Å². The van der Waals surface area contributed by atoms with E-state index in [0.29, 0.717) is 6.04 Å². The topological polar surface area (TPSA) is 24.9 Å². The first-order valence-corrected chi connectivity index (χ1v) is 4.78. The van der Waals surface area contributed by atoms with E-state index < -0.39 is 0 Å². The van der Waals surface area contributed by atoms with E-state index >= 15 is 0 Å². The zero-order valence-electron chi connectivity index (χ0n) is 6.85. The Morgan fingerprint density at radius 2 is 2.45 bits per heavy atom. The second kappa shape index (κ2) is 2.57. The SMILES string of the molecule is Cc1nc2c(s1)[C@H](C)NCC2. The van der Waals surface area contributed by atoms with Crippen LogP contribution in [0.15, 0.2) is 0 Å². The van der Waals surface area contributed by atoms with Crippen molar-refractivity contribution in [3.8, 4) is 0 Å². The van der Waals surface area contributed by atoms with Gasteiger partial charge in [-0.05, 0) is 13.8 Å². The molecule has 1 aliphatic heterocycles. The third kappa shape index (κ3) is 1.19. The molecule has 1 aromatic rings. The lowest BCUT2D eigenvalue weighted by atomic mass is 10.1. The monoisotopic (exact) mass is 168 g/mol. The predicted octanol–water partition coefficient (Wildman–Crippen LogP) is 1.66. The van der Waals surface area contributed by atoms with Gasteiger partial charge in [0, 0.05) is 23.9 Å². The summed E-state index contributed by atoms with van der Waals surface area (Å²) in [5.41, 5.74) is 1.32. The van der Waals surface area contributed by atoms with E-state index in [1.54, 1.807) is 0 Å². The van der Waals surface area contributed by atoms with Crippen molar-refractivity contribution in [2.75, 3.05) is 6.54 Å². The molecule has 3 heteroatoms. The van der Waals surface area contributed by atoms with E-state index in [9.17, 15) is 0 Å². The maximum absolute atomic E-state index is 4.48. The molecule has 0 spiro atoms. The van der Waals surface area contributed by atoms with Crippen molar-refractivity contribution >= 4 is 11.3 Å². The summed E-state index contributed by atoms with van der Waals surface area (Å²) in [6.07, 6.45) is 1.10. The minimum atomic E-state index is 0.518. The minimum absolute atomic E-state index is 0.518. The van der Waals surface area contributed by atoms with Crippen LogP contribution in [0, 0.1) is 6.92 Å². The van der Waals surface area contributed by atoms with Crippen molar-refractivity contribution in [1.29, 1.82) is 0 Å². The number of aryl methyl sites for hydroxylation is 1. The van der Waals surface area contributed by atoms with Gasteiger partial charge in [0.25, 0.3) is 0 Å². The van der Waals surface area contributed by atoms with Gasteiger partial charge >= 0.3 is 0 Å². The summed E-state index contributed by atoms with van der Waals surface area (Å²) in [6.45, 7) is 5.36. The molecule has 1 atom stereocenters. The molecule has 1 aromatic heterocycles. The molecule has 2 heterocycles. The highest BCUT2D eigenvalue weighted by Gasteiger charge is 2.18. The highest BCUT2D eigenvalue weighted by molar-refractivity contribution is 7.11. The molecule has 0 saturated carbocycles. The fourth-order valence-corrected chi connectivity index (χ4v) is 2.50. The van der Waals surface area contributed by atoms with Gasteiger partial charge in [-0.15, -0.1) is 11.3 Å². The molecule has 2 rings (SSSR count). The first-order chi connectivity index (χ1) is 5.27.